The van der Waals surface area contributed by atoms with Gasteiger partial charge in [-0.15, -0.1) is 0 Å². The Morgan fingerprint density at radius 3 is 2.92 bits per heavy atom. The predicted molar refractivity (Wildman–Crippen MR) is 94.8 cm³/mol. The van der Waals surface area contributed by atoms with Crippen molar-refractivity contribution in [3.05, 3.63) is 88.6 Å². The van der Waals surface area contributed by atoms with E-state index in [9.17, 15) is 4.79 Å². The van der Waals surface area contributed by atoms with Crippen LogP contribution < -0.4 is 4.74 Å². The zero-order chi connectivity index (χ0) is 16.8. The van der Waals surface area contributed by atoms with E-state index in [1.165, 1.54) is 12.3 Å². The van der Waals surface area contributed by atoms with Crippen molar-refractivity contribution in [2.75, 3.05) is 0 Å². The molecule has 2 aromatic heterocycles. The molecule has 0 radical (unpaired) electrons. The lowest BCUT2D eigenvalue weighted by molar-refractivity contribution is 0.104. The average molecular weight is 384 g/mol. The normalized spacial score (nSPS) is 10.9. The van der Waals surface area contributed by atoms with Crippen LogP contribution in [0.3, 0.4) is 0 Å². The second-order valence-corrected chi connectivity index (χ2v) is 5.91. The lowest BCUT2D eigenvalue weighted by Crippen LogP contribution is -1.94. The maximum absolute atomic E-state index is 12.0. The Kier molecular flexibility index (Phi) is 5.23. The first kappa shape index (κ1) is 16.2. The largest absolute Gasteiger partial charge is 0.486 e. The molecule has 0 N–H and O–H groups in total. The summed E-state index contributed by atoms with van der Waals surface area (Å²) in [4.78, 5) is 15.9. The van der Waals surface area contributed by atoms with Crippen LogP contribution in [0.4, 0.5) is 0 Å². The number of furan rings is 1. The second kappa shape index (κ2) is 7.75. The Bertz CT molecular complexity index is 856. The van der Waals surface area contributed by atoms with Gasteiger partial charge >= 0.3 is 0 Å². The van der Waals surface area contributed by atoms with E-state index in [1.54, 1.807) is 30.5 Å². The van der Waals surface area contributed by atoms with Crippen molar-refractivity contribution < 1.29 is 13.9 Å². The molecule has 5 heteroatoms. The standard InChI is InChI=1S/C19H14BrNO3/c20-15-4-1-5-17(11-15)23-13-18-7-6-16(24-18)8-9-19(22)14-3-2-10-21-12-14/h1-12H,13H2/b9-8+. The van der Waals surface area contributed by atoms with E-state index in [1.807, 2.05) is 30.3 Å². The first-order valence-electron chi connectivity index (χ1n) is 7.30. The number of aromatic nitrogens is 1. The van der Waals surface area contributed by atoms with Crippen LogP contribution in [-0.4, -0.2) is 10.8 Å². The second-order valence-electron chi connectivity index (χ2n) is 4.99. The van der Waals surface area contributed by atoms with Gasteiger partial charge in [-0.05, 0) is 54.6 Å². The number of rotatable bonds is 6. The molecule has 120 valence electrons. The molecule has 0 aliphatic rings. The summed E-state index contributed by atoms with van der Waals surface area (Å²) in [6, 6.07) is 14.7. The number of allylic oxidation sites excluding steroid dienone is 1. The fraction of sp³-hybridized carbons (Fsp3) is 0.0526. The molecule has 3 rings (SSSR count). The quantitative estimate of drug-likeness (QED) is 0.448. The molecule has 0 atom stereocenters. The highest BCUT2D eigenvalue weighted by Gasteiger charge is 2.04. The van der Waals surface area contributed by atoms with Crippen molar-refractivity contribution in [1.29, 1.82) is 0 Å². The average Bonchev–Trinajstić information content (AvgIpc) is 3.07. The molecular weight excluding hydrogens is 370 g/mol. The first-order chi connectivity index (χ1) is 11.7. The zero-order valence-electron chi connectivity index (χ0n) is 12.7. The van der Waals surface area contributed by atoms with E-state index >= 15 is 0 Å². The van der Waals surface area contributed by atoms with Crippen molar-refractivity contribution in [2.45, 2.75) is 6.61 Å². The van der Waals surface area contributed by atoms with E-state index < -0.39 is 0 Å². The molecule has 0 amide bonds. The smallest absolute Gasteiger partial charge is 0.187 e. The Hall–Kier alpha value is -2.66. The van der Waals surface area contributed by atoms with Gasteiger partial charge in [0.1, 0.15) is 23.9 Å². The fourth-order valence-corrected chi connectivity index (χ4v) is 2.41. The Balaban J connectivity index is 1.59. The van der Waals surface area contributed by atoms with Gasteiger partial charge in [0, 0.05) is 22.4 Å². The molecule has 0 bridgehead atoms. The van der Waals surface area contributed by atoms with Gasteiger partial charge < -0.3 is 9.15 Å². The van der Waals surface area contributed by atoms with Crippen LogP contribution in [-0.2, 0) is 6.61 Å². The van der Waals surface area contributed by atoms with Crippen LogP contribution in [0.25, 0.3) is 6.08 Å². The molecule has 0 saturated carbocycles. The van der Waals surface area contributed by atoms with Gasteiger partial charge in [-0.3, -0.25) is 9.78 Å². The summed E-state index contributed by atoms with van der Waals surface area (Å²) in [7, 11) is 0. The number of ketones is 1. The summed E-state index contributed by atoms with van der Waals surface area (Å²) >= 11 is 3.40. The molecule has 1 aromatic carbocycles. The minimum absolute atomic E-state index is 0.119. The molecule has 4 nitrogen and oxygen atoms in total. The number of pyridine rings is 1. The molecule has 0 fully saturated rings. The van der Waals surface area contributed by atoms with E-state index in [0.717, 1.165) is 10.2 Å². The highest BCUT2D eigenvalue weighted by Crippen LogP contribution is 2.19. The number of halogens is 1. The van der Waals surface area contributed by atoms with E-state index in [-0.39, 0.29) is 5.78 Å². The third kappa shape index (κ3) is 4.43. The highest BCUT2D eigenvalue weighted by molar-refractivity contribution is 9.10. The molecule has 0 saturated heterocycles. The maximum Gasteiger partial charge on any atom is 0.187 e. The van der Waals surface area contributed by atoms with Crippen LogP contribution in [0.2, 0.25) is 0 Å². The summed E-state index contributed by atoms with van der Waals surface area (Å²) in [5.74, 6) is 1.92. The van der Waals surface area contributed by atoms with Crippen LogP contribution in [0.5, 0.6) is 5.75 Å². The molecule has 3 aromatic rings. The predicted octanol–water partition coefficient (Wildman–Crippen LogP) is 4.91. The molecule has 0 spiro atoms. The molecular formula is C19H14BrNO3. The highest BCUT2D eigenvalue weighted by atomic mass is 79.9. The van der Waals surface area contributed by atoms with E-state index in [2.05, 4.69) is 20.9 Å². The van der Waals surface area contributed by atoms with Crippen LogP contribution in [0.1, 0.15) is 21.9 Å². The summed E-state index contributed by atoms with van der Waals surface area (Å²) in [6.07, 6.45) is 6.27. The van der Waals surface area contributed by atoms with Gasteiger partial charge in [-0.1, -0.05) is 22.0 Å². The third-order valence-electron chi connectivity index (χ3n) is 3.20. The Labute approximate surface area is 147 Å². The first-order valence-corrected chi connectivity index (χ1v) is 8.09. The monoisotopic (exact) mass is 383 g/mol. The van der Waals surface area contributed by atoms with Gasteiger partial charge in [0.15, 0.2) is 5.78 Å². The van der Waals surface area contributed by atoms with Gasteiger partial charge in [0.05, 0.1) is 0 Å². The summed E-state index contributed by atoms with van der Waals surface area (Å²) in [6.45, 7) is 0.320. The molecule has 24 heavy (non-hydrogen) atoms. The lowest BCUT2D eigenvalue weighted by atomic mass is 10.2. The zero-order valence-corrected chi connectivity index (χ0v) is 14.3. The Morgan fingerprint density at radius 1 is 1.21 bits per heavy atom. The van der Waals surface area contributed by atoms with Crippen LogP contribution >= 0.6 is 15.9 Å². The SMILES string of the molecule is O=C(/C=C/c1ccc(COc2cccc(Br)c2)o1)c1cccnc1. The number of hydrogen-bond donors (Lipinski definition) is 0. The molecule has 0 aliphatic carbocycles. The molecule has 0 aliphatic heterocycles. The maximum atomic E-state index is 12.0. The molecule has 0 unspecified atom stereocenters. The summed E-state index contributed by atoms with van der Waals surface area (Å²) < 4.78 is 12.2. The molecule has 2 heterocycles. The number of carbonyl (C=O) groups excluding carboxylic acids is 1. The van der Waals surface area contributed by atoms with E-state index in [0.29, 0.717) is 23.7 Å². The minimum Gasteiger partial charge on any atom is -0.486 e. The lowest BCUT2D eigenvalue weighted by Gasteiger charge is -2.04. The van der Waals surface area contributed by atoms with Gasteiger partial charge in [-0.2, -0.15) is 0 Å². The minimum atomic E-state index is -0.119. The van der Waals surface area contributed by atoms with Crippen molar-refractivity contribution in [3.8, 4) is 5.75 Å². The van der Waals surface area contributed by atoms with Crippen molar-refractivity contribution in [2.24, 2.45) is 0 Å². The van der Waals surface area contributed by atoms with Crippen LogP contribution in [0, 0.1) is 0 Å². The number of nitrogens with zero attached hydrogens (tertiary/aromatic N) is 1. The van der Waals surface area contributed by atoms with Crippen molar-refractivity contribution >= 4 is 27.8 Å². The van der Waals surface area contributed by atoms with Gasteiger partial charge in [0.25, 0.3) is 0 Å². The number of carbonyl (C=O) groups is 1. The summed E-state index contributed by atoms with van der Waals surface area (Å²) in [5.41, 5.74) is 0.540. The number of hydrogen-bond acceptors (Lipinski definition) is 4. The van der Waals surface area contributed by atoms with Gasteiger partial charge in [-0.25, -0.2) is 0 Å². The van der Waals surface area contributed by atoms with E-state index in [4.69, 9.17) is 9.15 Å². The third-order valence-corrected chi connectivity index (χ3v) is 3.70. The number of ether oxygens (including phenoxy) is 1. The summed E-state index contributed by atoms with van der Waals surface area (Å²) in [5, 5.41) is 0. The topological polar surface area (TPSA) is 52.3 Å². The fourth-order valence-electron chi connectivity index (χ4n) is 2.04. The Morgan fingerprint density at radius 2 is 2.12 bits per heavy atom. The van der Waals surface area contributed by atoms with Crippen molar-refractivity contribution in [1.82, 2.24) is 4.98 Å². The number of benzene rings is 1. The van der Waals surface area contributed by atoms with Gasteiger partial charge in [0.2, 0.25) is 0 Å². The van der Waals surface area contributed by atoms with Crippen molar-refractivity contribution in [3.63, 3.8) is 0 Å². The van der Waals surface area contributed by atoms with Crippen LogP contribution in [0.15, 0.2) is 75.9 Å².